The van der Waals surface area contributed by atoms with Crippen molar-refractivity contribution in [3.63, 3.8) is 0 Å². The van der Waals surface area contributed by atoms with Crippen molar-refractivity contribution in [1.82, 2.24) is 4.98 Å². The molecule has 0 spiro atoms. The summed E-state index contributed by atoms with van der Waals surface area (Å²) < 4.78 is 4.74. The van der Waals surface area contributed by atoms with E-state index in [4.69, 9.17) is 10.5 Å². The maximum absolute atomic E-state index is 11.3. The highest BCUT2D eigenvalue weighted by molar-refractivity contribution is 5.85. The van der Waals surface area contributed by atoms with Crippen molar-refractivity contribution < 1.29 is 14.5 Å². The first kappa shape index (κ1) is 16.3. The van der Waals surface area contributed by atoms with Crippen LogP contribution in [0.1, 0.15) is 12.5 Å². The minimum Gasteiger partial charge on any atom is -0.465 e. The van der Waals surface area contributed by atoms with Gasteiger partial charge in [-0.1, -0.05) is 0 Å². The number of nitrogens with two attached hydrogens (primary N) is 1. The van der Waals surface area contributed by atoms with Crippen molar-refractivity contribution in [3.05, 3.63) is 34.0 Å². The largest absolute Gasteiger partial charge is 0.465 e. The van der Waals surface area contributed by atoms with Gasteiger partial charge in [-0.2, -0.15) is 0 Å². The molecule has 0 aliphatic rings. The molecule has 0 aromatic carbocycles. The van der Waals surface area contributed by atoms with Crippen molar-refractivity contribution in [3.8, 4) is 0 Å². The molecule has 0 aliphatic carbocycles. The number of carbonyl (C=O) groups excluding carboxylic acids is 1. The van der Waals surface area contributed by atoms with E-state index < -0.39 is 16.9 Å². The average Bonchev–Trinajstić information content (AvgIpc) is 2.29. The van der Waals surface area contributed by atoms with Crippen molar-refractivity contribution in [2.45, 2.75) is 19.4 Å². The molecule has 100 valence electrons. The summed E-state index contributed by atoms with van der Waals surface area (Å²) in [4.78, 5) is 24.7. The molecule has 7 nitrogen and oxygen atoms in total. The number of esters is 1. The Bertz CT molecular complexity index is 427. The van der Waals surface area contributed by atoms with Crippen LogP contribution in [-0.2, 0) is 16.0 Å². The number of hydrogen-bond donors (Lipinski definition) is 1. The molecule has 1 heterocycles. The zero-order valence-corrected chi connectivity index (χ0v) is 10.6. The van der Waals surface area contributed by atoms with Crippen LogP contribution in [-0.4, -0.2) is 28.5 Å². The van der Waals surface area contributed by atoms with E-state index in [2.05, 4.69) is 4.98 Å². The van der Waals surface area contributed by atoms with E-state index in [0.717, 1.165) is 0 Å². The summed E-state index contributed by atoms with van der Waals surface area (Å²) in [6.45, 7) is 1.94. The van der Waals surface area contributed by atoms with Gasteiger partial charge in [0, 0.05) is 6.07 Å². The summed E-state index contributed by atoms with van der Waals surface area (Å²) in [6, 6.07) is 2.04. The molecule has 0 saturated heterocycles. The van der Waals surface area contributed by atoms with E-state index in [9.17, 15) is 14.9 Å². The van der Waals surface area contributed by atoms with Gasteiger partial charge in [0.15, 0.2) is 0 Å². The van der Waals surface area contributed by atoms with E-state index in [1.807, 2.05) is 0 Å². The molecule has 1 aromatic rings. The third kappa shape index (κ3) is 4.64. The van der Waals surface area contributed by atoms with Crippen molar-refractivity contribution in [2.75, 3.05) is 6.61 Å². The molecule has 0 aliphatic heterocycles. The van der Waals surface area contributed by atoms with Gasteiger partial charge in [0.1, 0.15) is 12.2 Å². The zero-order chi connectivity index (χ0) is 12.8. The van der Waals surface area contributed by atoms with Gasteiger partial charge in [-0.25, -0.2) is 0 Å². The van der Waals surface area contributed by atoms with E-state index in [0.29, 0.717) is 5.56 Å². The Morgan fingerprint density at radius 3 is 2.89 bits per heavy atom. The Hall–Kier alpha value is -1.73. The number of hydrogen-bond acceptors (Lipinski definition) is 6. The first-order valence-electron chi connectivity index (χ1n) is 5.06. The summed E-state index contributed by atoms with van der Waals surface area (Å²) in [5.74, 6) is -0.787. The molecule has 0 amide bonds. The minimum atomic E-state index is -0.822. The fourth-order valence-electron chi connectivity index (χ4n) is 1.27. The molecule has 1 rings (SSSR count). The molecule has 2 N–H and O–H groups in total. The Balaban J connectivity index is 0.00000289. The molecule has 0 saturated carbocycles. The summed E-state index contributed by atoms with van der Waals surface area (Å²) in [7, 11) is 0. The standard InChI is InChI=1S/C10H13N3O4.ClH/c1-2-17-10(14)8(11)5-7-3-4-12-9(6-7)13(15)16;/h3-4,6,8H,2,5,11H2,1H3;1H. The van der Waals surface area contributed by atoms with Crippen LogP contribution in [0.5, 0.6) is 0 Å². The Morgan fingerprint density at radius 2 is 2.33 bits per heavy atom. The summed E-state index contributed by atoms with van der Waals surface area (Å²) in [5, 5.41) is 10.5. The molecule has 1 aromatic heterocycles. The molecular formula is C10H14ClN3O4. The number of nitrogens with zero attached hydrogens (tertiary/aromatic N) is 2. The number of ether oxygens (including phenoxy) is 1. The van der Waals surface area contributed by atoms with Crippen LogP contribution in [0, 0.1) is 10.1 Å². The highest BCUT2D eigenvalue weighted by Crippen LogP contribution is 2.10. The normalized spacial score (nSPS) is 11.2. The van der Waals surface area contributed by atoms with E-state index in [1.54, 1.807) is 13.0 Å². The monoisotopic (exact) mass is 275 g/mol. The fraction of sp³-hybridized carbons (Fsp3) is 0.400. The number of halogens is 1. The number of rotatable bonds is 5. The van der Waals surface area contributed by atoms with Gasteiger partial charge >= 0.3 is 11.8 Å². The molecule has 0 radical (unpaired) electrons. The van der Waals surface area contributed by atoms with Gasteiger partial charge in [0.05, 0.1) is 6.61 Å². The van der Waals surface area contributed by atoms with Crippen molar-refractivity contribution >= 4 is 24.2 Å². The lowest BCUT2D eigenvalue weighted by Gasteiger charge is -2.09. The lowest BCUT2D eigenvalue weighted by molar-refractivity contribution is -0.389. The van der Waals surface area contributed by atoms with Gasteiger partial charge in [-0.15, -0.1) is 12.4 Å². The third-order valence-electron chi connectivity index (χ3n) is 2.04. The Morgan fingerprint density at radius 1 is 1.67 bits per heavy atom. The maximum Gasteiger partial charge on any atom is 0.363 e. The molecular weight excluding hydrogens is 262 g/mol. The van der Waals surface area contributed by atoms with Crippen LogP contribution in [0.4, 0.5) is 5.82 Å². The lowest BCUT2D eigenvalue weighted by atomic mass is 10.1. The first-order valence-corrected chi connectivity index (χ1v) is 5.06. The van der Waals surface area contributed by atoms with Crippen LogP contribution in [0.25, 0.3) is 0 Å². The van der Waals surface area contributed by atoms with Gasteiger partial charge in [0.2, 0.25) is 0 Å². The summed E-state index contributed by atoms with van der Waals surface area (Å²) in [5.41, 5.74) is 6.17. The lowest BCUT2D eigenvalue weighted by Crippen LogP contribution is -2.34. The molecule has 18 heavy (non-hydrogen) atoms. The van der Waals surface area contributed by atoms with Gasteiger partial charge in [0.25, 0.3) is 0 Å². The van der Waals surface area contributed by atoms with Crippen LogP contribution in [0.15, 0.2) is 18.3 Å². The second kappa shape index (κ2) is 7.57. The molecule has 1 unspecified atom stereocenters. The highest BCUT2D eigenvalue weighted by Gasteiger charge is 2.17. The van der Waals surface area contributed by atoms with Crippen molar-refractivity contribution in [1.29, 1.82) is 0 Å². The van der Waals surface area contributed by atoms with Gasteiger partial charge < -0.3 is 20.6 Å². The predicted molar refractivity (Wildman–Crippen MR) is 66.5 cm³/mol. The number of carbonyl (C=O) groups is 1. The van der Waals surface area contributed by atoms with E-state index >= 15 is 0 Å². The number of pyridine rings is 1. The van der Waals surface area contributed by atoms with Crippen LogP contribution >= 0.6 is 12.4 Å². The van der Waals surface area contributed by atoms with Crippen molar-refractivity contribution in [2.24, 2.45) is 5.73 Å². The second-order valence-corrected chi connectivity index (χ2v) is 3.34. The molecule has 0 bridgehead atoms. The van der Waals surface area contributed by atoms with E-state index in [-0.39, 0.29) is 31.3 Å². The molecule has 8 heteroatoms. The Labute approximate surface area is 110 Å². The van der Waals surface area contributed by atoms with Gasteiger partial charge in [-0.05, 0) is 34.9 Å². The van der Waals surface area contributed by atoms with Crippen LogP contribution < -0.4 is 5.73 Å². The zero-order valence-electron chi connectivity index (χ0n) is 9.74. The first-order chi connectivity index (χ1) is 8.04. The Kier molecular flexibility index (Phi) is 6.84. The second-order valence-electron chi connectivity index (χ2n) is 3.34. The average molecular weight is 276 g/mol. The quantitative estimate of drug-likeness (QED) is 0.485. The molecule has 1 atom stereocenters. The predicted octanol–water partition coefficient (Wildman–Crippen LogP) is 0.845. The maximum atomic E-state index is 11.3. The van der Waals surface area contributed by atoms with E-state index in [1.165, 1.54) is 12.3 Å². The van der Waals surface area contributed by atoms with Crippen LogP contribution in [0.3, 0.4) is 0 Å². The summed E-state index contributed by atoms with van der Waals surface area (Å²) in [6.07, 6.45) is 1.49. The SMILES string of the molecule is CCOC(=O)C(N)Cc1ccnc([N+](=O)[O-])c1.Cl. The fourth-order valence-corrected chi connectivity index (χ4v) is 1.27. The topological polar surface area (TPSA) is 108 Å². The van der Waals surface area contributed by atoms with Gasteiger partial charge in [-0.3, -0.25) is 4.79 Å². The number of aromatic nitrogens is 1. The summed E-state index contributed by atoms with van der Waals surface area (Å²) >= 11 is 0. The third-order valence-corrected chi connectivity index (χ3v) is 2.04. The smallest absolute Gasteiger partial charge is 0.363 e. The van der Waals surface area contributed by atoms with Crippen LogP contribution in [0.2, 0.25) is 0 Å². The highest BCUT2D eigenvalue weighted by atomic mass is 35.5. The number of nitro groups is 1. The molecule has 0 fully saturated rings. The minimum absolute atomic E-state index is 0.